The third-order valence-electron chi connectivity index (χ3n) is 6.65. The van der Waals surface area contributed by atoms with Crippen LogP contribution in [0.4, 0.5) is 5.82 Å². The lowest BCUT2D eigenvalue weighted by molar-refractivity contribution is 0.0690. The van der Waals surface area contributed by atoms with Gasteiger partial charge in [0.05, 0.1) is 0 Å². The minimum Gasteiger partial charge on any atom is -0.508 e. The summed E-state index contributed by atoms with van der Waals surface area (Å²) in [5, 5.41) is 9.78. The Bertz CT molecular complexity index is 1140. The van der Waals surface area contributed by atoms with E-state index in [2.05, 4.69) is 41.6 Å². The first kappa shape index (κ1) is 21.2. The molecule has 1 unspecified atom stereocenters. The molecule has 5 rings (SSSR count). The maximum absolute atomic E-state index is 11.5. The van der Waals surface area contributed by atoms with Crippen molar-refractivity contribution >= 4 is 28.7 Å². The molecule has 10 heteroatoms. The van der Waals surface area contributed by atoms with E-state index in [0.717, 1.165) is 52.1 Å². The molecule has 3 aromatic rings. The van der Waals surface area contributed by atoms with E-state index >= 15 is 0 Å². The fourth-order valence-corrected chi connectivity index (χ4v) is 5.25. The van der Waals surface area contributed by atoms with Crippen LogP contribution in [-0.2, 0) is 6.54 Å². The molecular formula is C22H28ClN7O2. The highest BCUT2D eigenvalue weighted by atomic mass is 35.5. The molecule has 0 saturated carbocycles. The summed E-state index contributed by atoms with van der Waals surface area (Å²) in [6.07, 6.45) is 2.30. The number of phenolic OH excluding ortho intramolecular Hbond substituents is 1. The molecule has 9 nitrogen and oxygen atoms in total. The molecule has 2 aliphatic heterocycles. The van der Waals surface area contributed by atoms with Crippen molar-refractivity contribution in [2.24, 2.45) is 0 Å². The van der Waals surface area contributed by atoms with Gasteiger partial charge in [0.25, 0.3) is 0 Å². The number of fused-ring (bicyclic) bond motifs is 1. The van der Waals surface area contributed by atoms with Gasteiger partial charge in [0.2, 0.25) is 0 Å². The van der Waals surface area contributed by atoms with Crippen LogP contribution in [0.25, 0.3) is 11.3 Å². The van der Waals surface area contributed by atoms with Crippen LogP contribution in [0.3, 0.4) is 0 Å². The van der Waals surface area contributed by atoms with Gasteiger partial charge in [-0.25, -0.2) is 14.8 Å². The summed E-state index contributed by atoms with van der Waals surface area (Å²) in [5.74, 6) is 0.943. The molecule has 2 saturated heterocycles. The summed E-state index contributed by atoms with van der Waals surface area (Å²) in [6, 6.07) is 8.45. The zero-order valence-electron chi connectivity index (χ0n) is 18.1. The van der Waals surface area contributed by atoms with Crippen molar-refractivity contribution in [3.8, 4) is 5.75 Å². The third-order valence-corrected chi connectivity index (χ3v) is 6.90. The Balaban J connectivity index is 1.19. The Morgan fingerprint density at radius 1 is 1.06 bits per heavy atom. The number of benzene rings is 1. The summed E-state index contributed by atoms with van der Waals surface area (Å²) < 4.78 is 0. The van der Waals surface area contributed by atoms with Crippen molar-refractivity contribution < 1.29 is 5.11 Å². The first-order chi connectivity index (χ1) is 15.5. The Kier molecular flexibility index (Phi) is 5.79. The minimum absolute atomic E-state index is 0.314. The molecule has 4 heterocycles. The SMILES string of the molecule is CC1CN(c2nc3[nH]c(=O)[nH]c3nc2Cl)CCN1C1CCN(Cc2ccc(O)cc2)CC1. The van der Waals surface area contributed by atoms with E-state index in [-0.39, 0.29) is 5.69 Å². The Morgan fingerprint density at radius 3 is 2.44 bits per heavy atom. The second-order valence-electron chi connectivity index (χ2n) is 8.82. The second kappa shape index (κ2) is 8.73. The van der Waals surface area contributed by atoms with Crippen LogP contribution in [-0.4, -0.2) is 79.6 Å². The number of piperidine rings is 1. The van der Waals surface area contributed by atoms with Gasteiger partial charge in [0.15, 0.2) is 22.3 Å². The molecule has 2 aliphatic rings. The van der Waals surface area contributed by atoms with Crippen LogP contribution in [0, 0.1) is 0 Å². The normalized spacial score (nSPS) is 21.4. The Labute approximate surface area is 191 Å². The summed E-state index contributed by atoms with van der Waals surface area (Å²) >= 11 is 6.39. The van der Waals surface area contributed by atoms with Crippen LogP contribution in [0.5, 0.6) is 5.75 Å². The van der Waals surface area contributed by atoms with E-state index in [1.807, 2.05) is 12.1 Å². The van der Waals surface area contributed by atoms with Gasteiger partial charge in [0.1, 0.15) is 5.75 Å². The molecule has 0 bridgehead atoms. The van der Waals surface area contributed by atoms with E-state index in [4.69, 9.17) is 11.6 Å². The number of imidazole rings is 1. The van der Waals surface area contributed by atoms with Crippen molar-refractivity contribution in [2.45, 2.75) is 38.4 Å². The van der Waals surface area contributed by atoms with E-state index in [9.17, 15) is 9.90 Å². The number of nitrogens with zero attached hydrogens (tertiary/aromatic N) is 5. The number of nitrogens with one attached hydrogen (secondary N) is 2. The molecule has 1 atom stereocenters. The molecule has 1 aromatic carbocycles. The number of H-pyrrole nitrogens is 2. The topological polar surface area (TPSA) is 104 Å². The average Bonchev–Trinajstić information content (AvgIpc) is 3.14. The van der Waals surface area contributed by atoms with Gasteiger partial charge in [0, 0.05) is 38.3 Å². The maximum Gasteiger partial charge on any atom is 0.326 e. The molecule has 3 N–H and O–H groups in total. The quantitative estimate of drug-likeness (QED) is 0.551. The lowest BCUT2D eigenvalue weighted by atomic mass is 9.99. The van der Waals surface area contributed by atoms with Crippen LogP contribution < -0.4 is 10.6 Å². The summed E-state index contributed by atoms with van der Waals surface area (Å²) in [6.45, 7) is 7.93. The largest absolute Gasteiger partial charge is 0.508 e. The van der Waals surface area contributed by atoms with E-state index in [1.54, 1.807) is 12.1 Å². The molecule has 0 radical (unpaired) electrons. The molecule has 2 aromatic heterocycles. The van der Waals surface area contributed by atoms with Crippen molar-refractivity contribution in [1.82, 2.24) is 29.7 Å². The highest BCUT2D eigenvalue weighted by Gasteiger charge is 2.33. The third kappa shape index (κ3) is 4.32. The number of likely N-dealkylation sites (tertiary alicyclic amines) is 1. The van der Waals surface area contributed by atoms with Crippen LogP contribution >= 0.6 is 11.6 Å². The van der Waals surface area contributed by atoms with E-state index in [0.29, 0.717) is 40.1 Å². The lowest BCUT2D eigenvalue weighted by Crippen LogP contribution is -2.57. The maximum atomic E-state index is 11.5. The van der Waals surface area contributed by atoms with Crippen molar-refractivity contribution in [3.63, 3.8) is 0 Å². The average molecular weight is 458 g/mol. The van der Waals surface area contributed by atoms with Crippen LogP contribution in [0.2, 0.25) is 5.15 Å². The number of aromatic amines is 2. The fourth-order valence-electron chi connectivity index (χ4n) is 5.00. The standard InChI is InChI=1S/C22H28ClN7O2/c1-14-12-29(21-18(23)24-19-20(25-21)27-22(32)26-19)10-11-30(14)16-6-8-28(9-7-16)13-15-2-4-17(31)5-3-15/h2-5,14,16,31H,6-13H2,1H3,(H2,24,25,26,27,32). The lowest BCUT2D eigenvalue weighted by Gasteiger charge is -2.46. The fraction of sp³-hybridized carbons (Fsp3) is 0.500. The summed E-state index contributed by atoms with van der Waals surface area (Å²) in [7, 11) is 0. The minimum atomic E-state index is -0.330. The number of aromatic hydroxyl groups is 1. The second-order valence-corrected chi connectivity index (χ2v) is 9.18. The zero-order valence-corrected chi connectivity index (χ0v) is 18.8. The van der Waals surface area contributed by atoms with Gasteiger partial charge in [-0.05, 0) is 50.6 Å². The first-order valence-electron chi connectivity index (χ1n) is 11.1. The van der Waals surface area contributed by atoms with Gasteiger partial charge in [-0.2, -0.15) is 0 Å². The van der Waals surface area contributed by atoms with Gasteiger partial charge in [-0.15, -0.1) is 0 Å². The summed E-state index contributed by atoms with van der Waals surface area (Å²) in [5.41, 5.74) is 1.73. The molecule has 32 heavy (non-hydrogen) atoms. The first-order valence-corrected chi connectivity index (χ1v) is 11.5. The number of hydrogen-bond donors (Lipinski definition) is 3. The Hall–Kier alpha value is -2.62. The van der Waals surface area contributed by atoms with Crippen molar-refractivity contribution in [2.75, 3.05) is 37.6 Å². The van der Waals surface area contributed by atoms with Gasteiger partial charge < -0.3 is 10.0 Å². The number of piperazine rings is 1. The number of anilines is 1. The van der Waals surface area contributed by atoms with Crippen LogP contribution in [0.1, 0.15) is 25.3 Å². The predicted molar refractivity (Wildman–Crippen MR) is 124 cm³/mol. The monoisotopic (exact) mass is 457 g/mol. The molecule has 0 amide bonds. The number of hydrogen-bond acceptors (Lipinski definition) is 7. The molecule has 2 fully saturated rings. The van der Waals surface area contributed by atoms with Gasteiger partial charge >= 0.3 is 5.69 Å². The van der Waals surface area contributed by atoms with E-state index < -0.39 is 0 Å². The van der Waals surface area contributed by atoms with Gasteiger partial charge in [-0.3, -0.25) is 19.8 Å². The number of aromatic nitrogens is 4. The summed E-state index contributed by atoms with van der Waals surface area (Å²) in [4.78, 5) is 32.9. The predicted octanol–water partition coefficient (Wildman–Crippen LogP) is 2.18. The zero-order chi connectivity index (χ0) is 22.2. The van der Waals surface area contributed by atoms with E-state index in [1.165, 1.54) is 5.56 Å². The smallest absolute Gasteiger partial charge is 0.326 e. The van der Waals surface area contributed by atoms with Crippen molar-refractivity contribution in [3.05, 3.63) is 45.5 Å². The van der Waals surface area contributed by atoms with Gasteiger partial charge in [-0.1, -0.05) is 23.7 Å². The molecule has 0 spiro atoms. The molecule has 0 aliphatic carbocycles. The Morgan fingerprint density at radius 2 is 1.75 bits per heavy atom. The number of halogens is 1. The molecule has 170 valence electrons. The number of rotatable bonds is 4. The highest BCUT2D eigenvalue weighted by molar-refractivity contribution is 6.32. The highest BCUT2D eigenvalue weighted by Crippen LogP contribution is 2.28. The van der Waals surface area contributed by atoms with Crippen molar-refractivity contribution in [1.29, 1.82) is 0 Å². The van der Waals surface area contributed by atoms with Crippen LogP contribution in [0.15, 0.2) is 29.1 Å². The molecular weight excluding hydrogens is 430 g/mol. The number of phenols is 1.